The van der Waals surface area contributed by atoms with Crippen molar-refractivity contribution in [1.82, 2.24) is 4.98 Å². The highest BCUT2D eigenvalue weighted by atomic mass is 32.1. The monoisotopic (exact) mass is 227 g/mol. The molecule has 0 saturated heterocycles. The van der Waals surface area contributed by atoms with Gasteiger partial charge in [0.25, 0.3) is 0 Å². The Bertz CT molecular complexity index is 340. The number of hydrogen-bond acceptors (Lipinski definition) is 4. The quantitative estimate of drug-likeness (QED) is 0.825. The summed E-state index contributed by atoms with van der Waals surface area (Å²) in [5, 5.41) is 3.36. The smallest absolute Gasteiger partial charge is 0.243 e. The maximum absolute atomic E-state index is 11.6. The number of anilines is 1. The lowest BCUT2D eigenvalue weighted by Gasteiger charge is -2.13. The molecule has 1 unspecified atom stereocenters. The molecule has 0 aromatic carbocycles. The summed E-state index contributed by atoms with van der Waals surface area (Å²) in [6.07, 6.45) is 0. The fourth-order valence-corrected chi connectivity index (χ4v) is 1.84. The molecule has 0 aliphatic heterocycles. The molecule has 0 fully saturated rings. The van der Waals surface area contributed by atoms with Gasteiger partial charge in [-0.25, -0.2) is 4.98 Å². The minimum absolute atomic E-state index is 0.132. The Kier molecular flexibility index (Phi) is 3.82. The summed E-state index contributed by atoms with van der Waals surface area (Å²) < 4.78 is 0. The van der Waals surface area contributed by atoms with Crippen LogP contribution < -0.4 is 11.1 Å². The number of aryl methyl sites for hydroxylation is 2. The number of nitrogens with one attached hydrogen (secondary N) is 1. The zero-order chi connectivity index (χ0) is 11.6. The molecule has 0 bridgehead atoms. The van der Waals surface area contributed by atoms with Gasteiger partial charge in [0.2, 0.25) is 5.91 Å². The number of nitrogens with zero attached hydrogens (tertiary/aromatic N) is 1. The Morgan fingerprint density at radius 3 is 2.47 bits per heavy atom. The van der Waals surface area contributed by atoms with Gasteiger partial charge < -0.3 is 11.1 Å². The minimum atomic E-state index is -0.477. The molecule has 1 heterocycles. The average molecular weight is 227 g/mol. The largest absolute Gasteiger partial charge is 0.320 e. The van der Waals surface area contributed by atoms with Crippen molar-refractivity contribution in [3.05, 3.63) is 10.6 Å². The zero-order valence-electron chi connectivity index (χ0n) is 9.50. The third kappa shape index (κ3) is 3.00. The molecule has 5 heteroatoms. The Hall–Kier alpha value is -0.940. The van der Waals surface area contributed by atoms with Crippen molar-refractivity contribution in [3.63, 3.8) is 0 Å². The number of nitrogens with two attached hydrogens (primary N) is 1. The van der Waals surface area contributed by atoms with Gasteiger partial charge in [0, 0.05) is 4.88 Å². The van der Waals surface area contributed by atoms with Crippen molar-refractivity contribution in [2.45, 2.75) is 33.7 Å². The molecule has 0 saturated carbocycles. The fraction of sp³-hybridized carbons (Fsp3) is 0.600. The molecule has 1 aromatic rings. The van der Waals surface area contributed by atoms with Crippen molar-refractivity contribution in [3.8, 4) is 0 Å². The molecule has 1 atom stereocenters. The molecule has 84 valence electrons. The van der Waals surface area contributed by atoms with E-state index in [1.165, 1.54) is 11.3 Å². The topological polar surface area (TPSA) is 68.0 Å². The third-order valence-electron chi connectivity index (χ3n) is 2.28. The predicted molar refractivity (Wildman–Crippen MR) is 63.0 cm³/mol. The molecule has 1 aromatic heterocycles. The van der Waals surface area contributed by atoms with Gasteiger partial charge in [0.1, 0.15) is 0 Å². The molecule has 1 amide bonds. The van der Waals surface area contributed by atoms with Crippen LogP contribution in [0, 0.1) is 19.8 Å². The second kappa shape index (κ2) is 4.72. The highest BCUT2D eigenvalue weighted by Gasteiger charge is 2.18. The van der Waals surface area contributed by atoms with Crippen LogP contribution >= 0.6 is 11.3 Å². The number of aromatic nitrogens is 1. The van der Waals surface area contributed by atoms with E-state index in [9.17, 15) is 4.79 Å². The summed E-state index contributed by atoms with van der Waals surface area (Å²) in [7, 11) is 0. The van der Waals surface area contributed by atoms with Crippen molar-refractivity contribution in [1.29, 1.82) is 0 Å². The zero-order valence-corrected chi connectivity index (χ0v) is 10.3. The SMILES string of the molecule is Cc1nc(NC(=O)C(N)C(C)C)sc1C. The molecule has 1 rings (SSSR count). The molecule has 4 nitrogen and oxygen atoms in total. The lowest BCUT2D eigenvalue weighted by Crippen LogP contribution is -2.39. The van der Waals surface area contributed by atoms with Crippen molar-refractivity contribution < 1.29 is 4.79 Å². The summed E-state index contributed by atoms with van der Waals surface area (Å²) in [6, 6.07) is -0.477. The first-order valence-corrected chi connectivity index (χ1v) is 5.74. The van der Waals surface area contributed by atoms with E-state index < -0.39 is 6.04 Å². The summed E-state index contributed by atoms with van der Waals surface area (Å²) >= 11 is 1.47. The van der Waals surface area contributed by atoms with Crippen LogP contribution in [-0.2, 0) is 4.79 Å². The highest BCUT2D eigenvalue weighted by Crippen LogP contribution is 2.21. The van der Waals surface area contributed by atoms with Gasteiger partial charge >= 0.3 is 0 Å². The van der Waals surface area contributed by atoms with Gasteiger partial charge in [0.15, 0.2) is 5.13 Å². The van der Waals surface area contributed by atoms with Gasteiger partial charge in [-0.2, -0.15) is 0 Å². The van der Waals surface area contributed by atoms with E-state index in [2.05, 4.69) is 10.3 Å². The fourth-order valence-electron chi connectivity index (χ4n) is 1.02. The van der Waals surface area contributed by atoms with Gasteiger partial charge in [-0.15, -0.1) is 11.3 Å². The summed E-state index contributed by atoms with van der Waals surface area (Å²) in [6.45, 7) is 7.74. The van der Waals surface area contributed by atoms with Crippen LogP contribution in [0.15, 0.2) is 0 Å². The first-order chi connectivity index (χ1) is 6.91. The van der Waals surface area contributed by atoms with Crippen molar-refractivity contribution in [2.24, 2.45) is 11.7 Å². The lowest BCUT2D eigenvalue weighted by molar-refractivity contribution is -0.118. The molecule has 0 radical (unpaired) electrons. The van der Waals surface area contributed by atoms with E-state index in [1.54, 1.807) is 0 Å². The second-order valence-corrected chi connectivity index (χ2v) is 5.12. The van der Waals surface area contributed by atoms with Crippen LogP contribution in [0.3, 0.4) is 0 Å². The Morgan fingerprint density at radius 2 is 2.07 bits per heavy atom. The van der Waals surface area contributed by atoms with Crippen LogP contribution in [0.1, 0.15) is 24.4 Å². The first-order valence-electron chi connectivity index (χ1n) is 4.92. The molecule has 0 aliphatic carbocycles. The summed E-state index contributed by atoms with van der Waals surface area (Å²) in [4.78, 5) is 16.9. The van der Waals surface area contributed by atoms with Gasteiger partial charge in [-0.05, 0) is 19.8 Å². The van der Waals surface area contributed by atoms with Crippen molar-refractivity contribution in [2.75, 3.05) is 5.32 Å². The van der Waals surface area contributed by atoms with Crippen molar-refractivity contribution >= 4 is 22.4 Å². The van der Waals surface area contributed by atoms with E-state index in [1.807, 2.05) is 27.7 Å². The van der Waals surface area contributed by atoms with Crippen LogP contribution in [0.5, 0.6) is 0 Å². The first kappa shape index (κ1) is 12.1. The van der Waals surface area contributed by atoms with E-state index in [0.29, 0.717) is 5.13 Å². The van der Waals surface area contributed by atoms with Crippen LogP contribution in [0.4, 0.5) is 5.13 Å². The van der Waals surface area contributed by atoms with E-state index >= 15 is 0 Å². The molecular formula is C10H17N3OS. The summed E-state index contributed by atoms with van der Waals surface area (Å²) in [5.74, 6) is -0.0362. The number of rotatable bonds is 3. The number of carbonyl (C=O) groups is 1. The van der Waals surface area contributed by atoms with E-state index in [-0.39, 0.29) is 11.8 Å². The van der Waals surface area contributed by atoms with Gasteiger partial charge in [-0.1, -0.05) is 13.8 Å². The maximum Gasteiger partial charge on any atom is 0.243 e. The molecule has 0 aliphatic rings. The van der Waals surface area contributed by atoms with Gasteiger partial charge in [-0.3, -0.25) is 4.79 Å². The maximum atomic E-state index is 11.6. The van der Waals surface area contributed by atoms with Crippen LogP contribution in [0.2, 0.25) is 0 Å². The Morgan fingerprint density at radius 1 is 1.47 bits per heavy atom. The molecule has 15 heavy (non-hydrogen) atoms. The van der Waals surface area contributed by atoms with E-state index in [0.717, 1.165) is 10.6 Å². The van der Waals surface area contributed by atoms with Crippen LogP contribution in [0.25, 0.3) is 0 Å². The third-order valence-corrected chi connectivity index (χ3v) is 3.27. The van der Waals surface area contributed by atoms with Crippen LogP contribution in [-0.4, -0.2) is 16.9 Å². The number of thiazole rings is 1. The Labute approximate surface area is 93.9 Å². The average Bonchev–Trinajstić information content (AvgIpc) is 2.44. The second-order valence-electron chi connectivity index (χ2n) is 3.92. The minimum Gasteiger partial charge on any atom is -0.320 e. The standard InChI is InChI=1S/C10H17N3OS/c1-5(2)8(11)9(14)13-10-12-6(3)7(4)15-10/h5,8H,11H2,1-4H3,(H,12,13,14). The molecular weight excluding hydrogens is 210 g/mol. The summed E-state index contributed by atoms with van der Waals surface area (Å²) in [5.41, 5.74) is 6.67. The Balaban J connectivity index is 2.66. The predicted octanol–water partition coefficient (Wildman–Crippen LogP) is 1.68. The van der Waals surface area contributed by atoms with E-state index in [4.69, 9.17) is 5.73 Å². The number of amides is 1. The lowest BCUT2D eigenvalue weighted by atomic mass is 10.1. The highest BCUT2D eigenvalue weighted by molar-refractivity contribution is 7.15. The number of hydrogen-bond donors (Lipinski definition) is 2. The molecule has 0 spiro atoms. The molecule has 3 N–H and O–H groups in total. The number of carbonyl (C=O) groups excluding carboxylic acids is 1. The normalized spacial score (nSPS) is 12.9. The van der Waals surface area contributed by atoms with Gasteiger partial charge in [0.05, 0.1) is 11.7 Å².